The van der Waals surface area contributed by atoms with Gasteiger partial charge < -0.3 is 20.9 Å². The maximum Gasteiger partial charge on any atom is 0.321 e. The molecule has 1 unspecified atom stereocenters. The van der Waals surface area contributed by atoms with E-state index < -0.39 is 0 Å². The predicted molar refractivity (Wildman–Crippen MR) is 116 cm³/mol. The average Bonchev–Trinajstić information content (AvgIpc) is 3.46. The number of nitrogens with zero attached hydrogens (tertiary/aromatic N) is 4. The molecule has 0 saturated carbocycles. The number of nitrogens with two attached hydrogens (primary N) is 1. The first-order valence-electron chi connectivity index (χ1n) is 10.3. The fourth-order valence-corrected chi connectivity index (χ4v) is 3.93. The van der Waals surface area contributed by atoms with Gasteiger partial charge in [-0.3, -0.25) is 4.79 Å². The van der Waals surface area contributed by atoms with Crippen LogP contribution in [-0.2, 0) is 4.79 Å². The molecule has 0 bridgehead atoms. The van der Waals surface area contributed by atoms with Gasteiger partial charge in [0.1, 0.15) is 6.04 Å². The highest BCUT2D eigenvalue weighted by Gasteiger charge is 2.28. The van der Waals surface area contributed by atoms with Crippen LogP contribution in [0.4, 0.5) is 27.5 Å². The Labute approximate surface area is 175 Å². The normalized spacial score (nSPS) is 18.9. The van der Waals surface area contributed by atoms with Crippen molar-refractivity contribution in [3.63, 3.8) is 0 Å². The third kappa shape index (κ3) is 4.59. The summed E-state index contributed by atoms with van der Waals surface area (Å²) in [4.78, 5) is 27.6. The number of likely N-dealkylation sites (tertiary alicyclic amines) is 1. The van der Waals surface area contributed by atoms with Crippen molar-refractivity contribution in [2.45, 2.75) is 31.7 Å². The van der Waals surface area contributed by atoms with Crippen molar-refractivity contribution in [2.75, 3.05) is 29.9 Å². The smallest absolute Gasteiger partial charge is 0.321 e. The molecule has 2 fully saturated rings. The van der Waals surface area contributed by atoms with Crippen LogP contribution in [0.1, 0.15) is 25.7 Å². The molecule has 8 heteroatoms. The first-order valence-corrected chi connectivity index (χ1v) is 10.3. The third-order valence-electron chi connectivity index (χ3n) is 5.56. The summed E-state index contributed by atoms with van der Waals surface area (Å²) in [7, 11) is 0. The minimum absolute atomic E-state index is 0.0569. The van der Waals surface area contributed by atoms with E-state index in [4.69, 9.17) is 5.73 Å². The first-order chi connectivity index (χ1) is 14.6. The monoisotopic (exact) mass is 406 g/mol. The highest BCUT2D eigenvalue weighted by atomic mass is 16.2. The zero-order valence-electron chi connectivity index (χ0n) is 16.8. The average molecular weight is 406 g/mol. The summed E-state index contributed by atoms with van der Waals surface area (Å²) in [6.45, 7) is 2.46. The second kappa shape index (κ2) is 8.94. The van der Waals surface area contributed by atoms with Gasteiger partial charge in [-0.2, -0.15) is 10.2 Å². The SMILES string of the molecule is NC(=O)C1CCCN1c1ccc(N=Nc2ccc(NC(=O)N3CCCC3)cc2)cc1. The van der Waals surface area contributed by atoms with Crippen LogP contribution in [-0.4, -0.2) is 42.5 Å². The molecule has 3 N–H and O–H groups in total. The molecule has 2 aliphatic rings. The Morgan fingerprint density at radius 2 is 1.47 bits per heavy atom. The number of hydrogen-bond acceptors (Lipinski definition) is 5. The van der Waals surface area contributed by atoms with E-state index in [9.17, 15) is 9.59 Å². The van der Waals surface area contributed by atoms with E-state index >= 15 is 0 Å². The minimum atomic E-state index is -0.281. The molecule has 2 saturated heterocycles. The number of benzene rings is 2. The first kappa shape index (κ1) is 19.9. The molecule has 4 rings (SSSR count). The van der Waals surface area contributed by atoms with Gasteiger partial charge >= 0.3 is 6.03 Å². The molecule has 156 valence electrons. The number of carbonyl (C=O) groups is 2. The Kier molecular flexibility index (Phi) is 5.92. The molecule has 0 radical (unpaired) electrons. The Hall–Kier alpha value is -3.42. The van der Waals surface area contributed by atoms with Crippen LogP contribution in [0.3, 0.4) is 0 Å². The lowest BCUT2D eigenvalue weighted by molar-refractivity contribution is -0.119. The topological polar surface area (TPSA) is 103 Å². The second-order valence-corrected chi connectivity index (χ2v) is 7.64. The van der Waals surface area contributed by atoms with E-state index in [1.54, 1.807) is 0 Å². The van der Waals surface area contributed by atoms with Crippen molar-refractivity contribution in [1.29, 1.82) is 0 Å². The molecule has 0 spiro atoms. The Bertz CT molecular complexity index is 920. The summed E-state index contributed by atoms with van der Waals surface area (Å²) < 4.78 is 0. The van der Waals surface area contributed by atoms with Gasteiger partial charge in [0.2, 0.25) is 5.91 Å². The lowest BCUT2D eigenvalue weighted by Gasteiger charge is -2.24. The second-order valence-electron chi connectivity index (χ2n) is 7.64. The summed E-state index contributed by atoms with van der Waals surface area (Å²) in [6, 6.07) is 14.6. The zero-order valence-corrected chi connectivity index (χ0v) is 16.8. The van der Waals surface area contributed by atoms with Crippen LogP contribution in [0.2, 0.25) is 0 Å². The van der Waals surface area contributed by atoms with Crippen molar-refractivity contribution in [1.82, 2.24) is 4.90 Å². The van der Waals surface area contributed by atoms with E-state index in [1.807, 2.05) is 58.3 Å². The fourth-order valence-electron chi connectivity index (χ4n) is 3.93. The lowest BCUT2D eigenvalue weighted by Crippen LogP contribution is -2.40. The van der Waals surface area contributed by atoms with Crippen LogP contribution >= 0.6 is 0 Å². The maximum absolute atomic E-state index is 12.1. The van der Waals surface area contributed by atoms with Gasteiger partial charge in [-0.25, -0.2) is 4.79 Å². The molecule has 8 nitrogen and oxygen atoms in total. The van der Waals surface area contributed by atoms with Gasteiger partial charge in [0.05, 0.1) is 11.4 Å². The van der Waals surface area contributed by atoms with Gasteiger partial charge in [-0.1, -0.05) is 0 Å². The van der Waals surface area contributed by atoms with Crippen LogP contribution in [0, 0.1) is 0 Å². The van der Waals surface area contributed by atoms with Crippen LogP contribution < -0.4 is 16.0 Å². The number of rotatable bonds is 5. The van der Waals surface area contributed by atoms with E-state index in [0.29, 0.717) is 5.69 Å². The number of azo groups is 1. The van der Waals surface area contributed by atoms with E-state index in [2.05, 4.69) is 15.5 Å². The fraction of sp³-hybridized carbons (Fsp3) is 0.364. The molecule has 1 atom stereocenters. The summed E-state index contributed by atoms with van der Waals surface area (Å²) >= 11 is 0. The van der Waals surface area contributed by atoms with Crippen molar-refractivity contribution in [3.8, 4) is 0 Å². The number of anilines is 2. The molecular formula is C22H26N6O2. The third-order valence-corrected chi connectivity index (χ3v) is 5.56. The van der Waals surface area contributed by atoms with Crippen molar-refractivity contribution in [2.24, 2.45) is 16.0 Å². The molecule has 2 heterocycles. The summed E-state index contributed by atoms with van der Waals surface area (Å²) in [5.74, 6) is -0.281. The number of hydrogen-bond donors (Lipinski definition) is 2. The summed E-state index contributed by atoms with van der Waals surface area (Å²) in [6.07, 6.45) is 3.89. The maximum atomic E-state index is 12.1. The van der Waals surface area contributed by atoms with Gasteiger partial charge in [0.25, 0.3) is 0 Å². The quantitative estimate of drug-likeness (QED) is 0.728. The molecule has 2 aromatic rings. The largest absolute Gasteiger partial charge is 0.368 e. The Balaban J connectivity index is 1.35. The molecule has 2 aliphatic heterocycles. The van der Waals surface area contributed by atoms with Crippen LogP contribution in [0.5, 0.6) is 0 Å². The molecule has 0 aliphatic carbocycles. The molecule has 0 aromatic heterocycles. The summed E-state index contributed by atoms with van der Waals surface area (Å²) in [5.41, 5.74) is 8.63. The highest BCUT2D eigenvalue weighted by Crippen LogP contribution is 2.28. The molecule has 3 amide bonds. The van der Waals surface area contributed by atoms with Crippen LogP contribution in [0.25, 0.3) is 0 Å². The Morgan fingerprint density at radius 1 is 0.867 bits per heavy atom. The number of primary amides is 1. The lowest BCUT2D eigenvalue weighted by atomic mass is 10.2. The molecular weight excluding hydrogens is 380 g/mol. The van der Waals surface area contributed by atoms with Crippen molar-refractivity contribution >= 4 is 34.7 Å². The predicted octanol–water partition coefficient (Wildman–Crippen LogP) is 4.18. The van der Waals surface area contributed by atoms with Gasteiger partial charge in [0.15, 0.2) is 0 Å². The van der Waals surface area contributed by atoms with Gasteiger partial charge in [0, 0.05) is 31.0 Å². The summed E-state index contributed by atoms with van der Waals surface area (Å²) in [5, 5.41) is 11.4. The number of carbonyl (C=O) groups excluding carboxylic acids is 2. The highest BCUT2D eigenvalue weighted by molar-refractivity contribution is 5.89. The van der Waals surface area contributed by atoms with Crippen LogP contribution in [0.15, 0.2) is 58.8 Å². The van der Waals surface area contributed by atoms with E-state index in [-0.39, 0.29) is 18.0 Å². The van der Waals surface area contributed by atoms with Crippen molar-refractivity contribution in [3.05, 3.63) is 48.5 Å². The molecule has 30 heavy (non-hydrogen) atoms. The molecule has 2 aromatic carbocycles. The number of amides is 3. The zero-order chi connectivity index (χ0) is 20.9. The number of nitrogens with one attached hydrogen (secondary N) is 1. The Morgan fingerprint density at radius 3 is 2.07 bits per heavy atom. The number of urea groups is 1. The minimum Gasteiger partial charge on any atom is -0.368 e. The van der Waals surface area contributed by atoms with Crippen molar-refractivity contribution < 1.29 is 9.59 Å². The van der Waals surface area contributed by atoms with Gasteiger partial charge in [-0.15, -0.1) is 0 Å². The van der Waals surface area contributed by atoms with E-state index in [1.165, 1.54) is 0 Å². The van der Waals surface area contributed by atoms with E-state index in [0.717, 1.165) is 62.4 Å². The van der Waals surface area contributed by atoms with Gasteiger partial charge in [-0.05, 0) is 74.2 Å². The standard InChI is InChI=1S/C22H26N6O2/c23-21(29)20-4-3-15-28(20)19-11-9-18(10-12-19)26-25-17-7-5-16(6-8-17)24-22(30)27-13-1-2-14-27/h5-12,20H,1-4,13-15H2,(H2,23,29)(H,24,30).